The summed E-state index contributed by atoms with van der Waals surface area (Å²) in [6, 6.07) is 0. The molecular weight excluding hydrogens is 202 g/mol. The van der Waals surface area contributed by atoms with Crippen LogP contribution in [0.5, 0.6) is 0 Å². The Bertz CT molecular complexity index is 237. The van der Waals surface area contributed by atoms with Crippen molar-refractivity contribution in [1.29, 1.82) is 0 Å². The summed E-state index contributed by atoms with van der Waals surface area (Å²) < 4.78 is 5.00. The first-order chi connectivity index (χ1) is 6.36. The number of thioether (sulfide) groups is 1. The summed E-state index contributed by atoms with van der Waals surface area (Å²) >= 11 is 3.67. The lowest BCUT2D eigenvalue weighted by molar-refractivity contribution is 0.182. The Morgan fingerprint density at radius 1 is 1.62 bits per heavy atom. The van der Waals surface area contributed by atoms with Gasteiger partial charge in [-0.05, 0) is 12.2 Å². The number of hydrogen-bond donors (Lipinski definition) is 0. The van der Waals surface area contributed by atoms with E-state index >= 15 is 0 Å². The first-order valence-corrected chi connectivity index (χ1v) is 6.40. The molecule has 0 unspecified atom stereocenters. The van der Waals surface area contributed by atoms with Gasteiger partial charge in [0.2, 0.25) is 0 Å². The summed E-state index contributed by atoms with van der Waals surface area (Å²) in [5.41, 5.74) is 1.06. The highest BCUT2D eigenvalue weighted by Gasteiger charge is 2.00. The van der Waals surface area contributed by atoms with Crippen molar-refractivity contribution < 1.29 is 4.74 Å². The summed E-state index contributed by atoms with van der Waals surface area (Å²) in [4.78, 5) is 4.44. The zero-order valence-corrected chi connectivity index (χ0v) is 9.71. The van der Waals surface area contributed by atoms with Crippen LogP contribution in [0.4, 0.5) is 0 Å². The Morgan fingerprint density at radius 2 is 2.46 bits per heavy atom. The van der Waals surface area contributed by atoms with Crippen molar-refractivity contribution in [2.24, 2.45) is 0 Å². The fourth-order valence-corrected chi connectivity index (χ4v) is 2.69. The summed E-state index contributed by atoms with van der Waals surface area (Å²) in [5, 5.41) is 3.29. The smallest absolute Gasteiger partial charge is 0.103 e. The molecule has 1 aromatic rings. The highest BCUT2D eigenvalue weighted by Crippen LogP contribution is 2.17. The summed E-state index contributed by atoms with van der Waals surface area (Å²) in [6.45, 7) is 2.83. The number of aromatic nitrogens is 1. The lowest BCUT2D eigenvalue weighted by Gasteiger charge is -1.94. The molecule has 0 radical (unpaired) electrons. The maximum Gasteiger partial charge on any atom is 0.103 e. The van der Waals surface area contributed by atoms with E-state index in [1.165, 1.54) is 17.2 Å². The van der Waals surface area contributed by atoms with Crippen molar-refractivity contribution in [1.82, 2.24) is 4.98 Å². The van der Waals surface area contributed by atoms with Crippen molar-refractivity contribution in [3.05, 3.63) is 16.1 Å². The second kappa shape index (κ2) is 6.40. The first-order valence-electron chi connectivity index (χ1n) is 4.36. The van der Waals surface area contributed by atoms with Crippen molar-refractivity contribution >= 4 is 23.1 Å². The van der Waals surface area contributed by atoms with Gasteiger partial charge in [-0.15, -0.1) is 11.3 Å². The van der Waals surface area contributed by atoms with E-state index < -0.39 is 0 Å². The quantitative estimate of drug-likeness (QED) is 0.684. The van der Waals surface area contributed by atoms with E-state index in [-0.39, 0.29) is 0 Å². The van der Waals surface area contributed by atoms with Gasteiger partial charge in [0, 0.05) is 18.2 Å². The molecule has 0 saturated carbocycles. The van der Waals surface area contributed by atoms with Crippen LogP contribution < -0.4 is 0 Å². The van der Waals surface area contributed by atoms with Gasteiger partial charge in [0.05, 0.1) is 12.3 Å². The van der Waals surface area contributed by atoms with E-state index in [2.05, 4.69) is 17.3 Å². The Balaban J connectivity index is 2.31. The molecule has 2 nitrogen and oxygen atoms in total. The Morgan fingerprint density at radius 3 is 3.15 bits per heavy atom. The minimum Gasteiger partial charge on any atom is -0.378 e. The highest BCUT2D eigenvalue weighted by atomic mass is 32.2. The van der Waals surface area contributed by atoms with E-state index in [4.69, 9.17) is 4.74 Å². The van der Waals surface area contributed by atoms with Crippen molar-refractivity contribution in [3.8, 4) is 0 Å². The molecule has 0 bridgehead atoms. The Labute approximate surface area is 87.7 Å². The van der Waals surface area contributed by atoms with E-state index in [0.29, 0.717) is 6.61 Å². The van der Waals surface area contributed by atoms with Gasteiger partial charge in [-0.1, -0.05) is 6.92 Å². The molecule has 1 heterocycles. The molecule has 0 aliphatic rings. The van der Waals surface area contributed by atoms with Crippen LogP contribution in [0.1, 0.15) is 24.0 Å². The standard InChI is InChI=1S/C9H15NOS2/c1-3-4-12-7-9-10-8(5-11-2)6-13-9/h6H,3-5,7H2,1-2H3. The molecule has 0 aromatic carbocycles. The third-order valence-electron chi connectivity index (χ3n) is 1.47. The van der Waals surface area contributed by atoms with Crippen molar-refractivity contribution in [2.75, 3.05) is 12.9 Å². The van der Waals surface area contributed by atoms with E-state index in [9.17, 15) is 0 Å². The molecule has 13 heavy (non-hydrogen) atoms. The lowest BCUT2D eigenvalue weighted by Crippen LogP contribution is -1.88. The van der Waals surface area contributed by atoms with Gasteiger partial charge in [-0.3, -0.25) is 0 Å². The first kappa shape index (κ1) is 11.0. The molecule has 0 saturated heterocycles. The van der Waals surface area contributed by atoms with Gasteiger partial charge in [0.15, 0.2) is 0 Å². The van der Waals surface area contributed by atoms with Crippen molar-refractivity contribution in [2.45, 2.75) is 25.7 Å². The molecule has 0 aliphatic carbocycles. The normalized spacial score (nSPS) is 10.6. The van der Waals surface area contributed by atoms with Gasteiger partial charge < -0.3 is 4.74 Å². The van der Waals surface area contributed by atoms with Crippen LogP contribution in [-0.2, 0) is 17.1 Å². The topological polar surface area (TPSA) is 22.1 Å². The molecule has 1 aromatic heterocycles. The van der Waals surface area contributed by atoms with Crippen LogP contribution in [0.15, 0.2) is 5.38 Å². The van der Waals surface area contributed by atoms with Crippen LogP contribution >= 0.6 is 23.1 Å². The summed E-state index contributed by atoms with van der Waals surface area (Å²) in [5.74, 6) is 2.27. The van der Waals surface area contributed by atoms with Crippen LogP contribution in [0.3, 0.4) is 0 Å². The highest BCUT2D eigenvalue weighted by molar-refractivity contribution is 7.98. The maximum absolute atomic E-state index is 5.00. The molecule has 0 N–H and O–H groups in total. The monoisotopic (exact) mass is 217 g/mol. The summed E-state index contributed by atoms with van der Waals surface area (Å²) in [7, 11) is 1.70. The number of rotatable bonds is 6. The maximum atomic E-state index is 5.00. The molecular formula is C9H15NOS2. The van der Waals surface area contributed by atoms with Crippen LogP contribution in [0.25, 0.3) is 0 Å². The third-order valence-corrected chi connectivity index (χ3v) is 3.72. The van der Waals surface area contributed by atoms with Gasteiger partial charge in [-0.25, -0.2) is 4.98 Å². The Kier molecular flexibility index (Phi) is 5.43. The molecule has 0 atom stereocenters. The molecule has 0 fully saturated rings. The van der Waals surface area contributed by atoms with Gasteiger partial charge in [-0.2, -0.15) is 11.8 Å². The van der Waals surface area contributed by atoms with Crippen LogP contribution in [0.2, 0.25) is 0 Å². The number of hydrogen-bond acceptors (Lipinski definition) is 4. The molecule has 0 amide bonds. The molecule has 0 spiro atoms. The average Bonchev–Trinajstić information content (AvgIpc) is 2.54. The fourth-order valence-electron chi connectivity index (χ4n) is 0.933. The van der Waals surface area contributed by atoms with E-state index in [0.717, 1.165) is 11.4 Å². The molecule has 0 aliphatic heterocycles. The molecule has 4 heteroatoms. The SMILES string of the molecule is CCCSCc1nc(COC)cs1. The molecule has 74 valence electrons. The zero-order valence-electron chi connectivity index (χ0n) is 8.08. The van der Waals surface area contributed by atoms with Gasteiger partial charge in [0.1, 0.15) is 5.01 Å². The van der Waals surface area contributed by atoms with Crippen molar-refractivity contribution in [3.63, 3.8) is 0 Å². The van der Waals surface area contributed by atoms with Crippen LogP contribution in [0, 0.1) is 0 Å². The largest absolute Gasteiger partial charge is 0.378 e. The van der Waals surface area contributed by atoms with Crippen LogP contribution in [-0.4, -0.2) is 17.8 Å². The number of thiazole rings is 1. The zero-order chi connectivity index (χ0) is 9.52. The second-order valence-corrected chi connectivity index (χ2v) is 4.77. The summed E-state index contributed by atoms with van der Waals surface area (Å²) in [6.07, 6.45) is 1.24. The average molecular weight is 217 g/mol. The van der Waals surface area contributed by atoms with Gasteiger partial charge in [0.25, 0.3) is 0 Å². The fraction of sp³-hybridized carbons (Fsp3) is 0.667. The minimum absolute atomic E-state index is 0.634. The Hall–Kier alpha value is -0.0600. The predicted octanol–water partition coefficient (Wildman–Crippen LogP) is 2.93. The number of methoxy groups -OCH3 is 1. The number of nitrogens with zero attached hydrogens (tertiary/aromatic N) is 1. The van der Waals surface area contributed by atoms with E-state index in [1.807, 2.05) is 11.8 Å². The lowest BCUT2D eigenvalue weighted by atomic mass is 10.5. The number of ether oxygens (including phenoxy) is 1. The van der Waals surface area contributed by atoms with E-state index in [1.54, 1.807) is 18.4 Å². The minimum atomic E-state index is 0.634. The second-order valence-electron chi connectivity index (χ2n) is 2.72. The van der Waals surface area contributed by atoms with Gasteiger partial charge >= 0.3 is 0 Å². The predicted molar refractivity (Wildman–Crippen MR) is 59.3 cm³/mol. The third kappa shape index (κ3) is 4.11. The molecule has 1 rings (SSSR count).